The van der Waals surface area contributed by atoms with Gasteiger partial charge in [-0.1, -0.05) is 84.0 Å². The highest BCUT2D eigenvalue weighted by atomic mass is 16.3. The first-order valence-electron chi connectivity index (χ1n) is 9.96. The third-order valence-electron chi connectivity index (χ3n) is 5.46. The number of benzene rings is 2. The largest absolute Gasteiger partial charge is 0.455 e. The predicted octanol–water partition coefficient (Wildman–Crippen LogP) is 7.89. The summed E-state index contributed by atoms with van der Waals surface area (Å²) in [4.78, 5) is 0. The molecular weight excluding hydrogens is 328 g/mol. The van der Waals surface area contributed by atoms with Crippen LogP contribution >= 0.6 is 0 Å². The summed E-state index contributed by atoms with van der Waals surface area (Å²) in [5, 5.41) is 2.45. The highest BCUT2D eigenvalue weighted by molar-refractivity contribution is 6.08. The van der Waals surface area contributed by atoms with E-state index in [0.29, 0.717) is 5.92 Å². The quantitative estimate of drug-likeness (QED) is 0.431. The van der Waals surface area contributed by atoms with Crippen molar-refractivity contribution in [2.45, 2.75) is 53.9 Å². The maximum atomic E-state index is 6.37. The maximum absolute atomic E-state index is 6.37. The molecule has 1 aliphatic carbocycles. The highest BCUT2D eigenvalue weighted by Gasteiger charge is 2.28. The van der Waals surface area contributed by atoms with Crippen LogP contribution in [0.25, 0.3) is 28.0 Å². The molecule has 0 amide bonds. The van der Waals surface area contributed by atoms with Gasteiger partial charge < -0.3 is 4.42 Å². The van der Waals surface area contributed by atoms with Crippen molar-refractivity contribution in [3.63, 3.8) is 0 Å². The topological polar surface area (TPSA) is 13.1 Å². The van der Waals surface area contributed by atoms with Crippen LogP contribution in [0.4, 0.5) is 0 Å². The number of furan rings is 1. The number of fused-ring (bicyclic) bond motifs is 5. The molecule has 0 N–H and O–H groups in total. The lowest BCUT2D eigenvalue weighted by atomic mass is 9.75. The zero-order chi connectivity index (χ0) is 19.4. The summed E-state index contributed by atoms with van der Waals surface area (Å²) >= 11 is 0. The standard InChI is InChI=1S/C26H30O/c1-25(2,3)16-17-11-14-23-21(15-17)20-13-12-18-19(24(20)27-23)9-7-8-10-22(18)26(4,5)6/h7-15,22H,16H2,1-6H3/t22-/m0/s1. The molecule has 0 aliphatic heterocycles. The van der Waals surface area contributed by atoms with Gasteiger partial charge in [0.25, 0.3) is 0 Å². The Morgan fingerprint density at radius 2 is 1.67 bits per heavy atom. The van der Waals surface area contributed by atoms with Gasteiger partial charge in [-0.3, -0.25) is 0 Å². The monoisotopic (exact) mass is 358 g/mol. The van der Waals surface area contributed by atoms with E-state index in [4.69, 9.17) is 4.42 Å². The van der Waals surface area contributed by atoms with Gasteiger partial charge in [0.15, 0.2) is 0 Å². The minimum Gasteiger partial charge on any atom is -0.455 e. The van der Waals surface area contributed by atoms with Crippen LogP contribution < -0.4 is 0 Å². The molecule has 140 valence electrons. The van der Waals surface area contributed by atoms with Gasteiger partial charge in [0.2, 0.25) is 0 Å². The molecule has 1 heterocycles. The molecule has 1 heteroatoms. The van der Waals surface area contributed by atoms with E-state index >= 15 is 0 Å². The fraction of sp³-hybridized carbons (Fsp3) is 0.385. The van der Waals surface area contributed by atoms with Crippen LogP contribution in [0.5, 0.6) is 0 Å². The lowest BCUT2D eigenvalue weighted by Crippen LogP contribution is -2.17. The second kappa shape index (κ2) is 6.12. The van der Waals surface area contributed by atoms with E-state index < -0.39 is 0 Å². The van der Waals surface area contributed by atoms with Gasteiger partial charge in [-0.15, -0.1) is 0 Å². The molecule has 27 heavy (non-hydrogen) atoms. The zero-order valence-electron chi connectivity index (χ0n) is 17.4. The van der Waals surface area contributed by atoms with Gasteiger partial charge >= 0.3 is 0 Å². The molecule has 0 unspecified atom stereocenters. The normalized spacial score (nSPS) is 17.5. The number of hydrogen-bond donors (Lipinski definition) is 0. The van der Waals surface area contributed by atoms with Crippen molar-refractivity contribution in [2.24, 2.45) is 10.8 Å². The Balaban J connectivity index is 1.93. The highest BCUT2D eigenvalue weighted by Crippen LogP contribution is 2.43. The van der Waals surface area contributed by atoms with Crippen molar-refractivity contribution in [3.05, 3.63) is 65.3 Å². The molecule has 0 saturated carbocycles. The molecule has 0 saturated heterocycles. The lowest BCUT2D eigenvalue weighted by Gasteiger charge is -2.29. The van der Waals surface area contributed by atoms with E-state index in [1.165, 1.54) is 27.5 Å². The van der Waals surface area contributed by atoms with Gasteiger partial charge in [0, 0.05) is 22.3 Å². The molecule has 0 fully saturated rings. The number of rotatable bonds is 1. The van der Waals surface area contributed by atoms with E-state index in [1.807, 2.05) is 0 Å². The maximum Gasteiger partial charge on any atom is 0.142 e. The molecule has 2 aromatic carbocycles. The molecule has 1 aliphatic rings. The molecule has 3 aromatic rings. The fourth-order valence-electron chi connectivity index (χ4n) is 4.27. The average Bonchev–Trinajstić information content (AvgIpc) is 2.76. The Morgan fingerprint density at radius 1 is 0.889 bits per heavy atom. The summed E-state index contributed by atoms with van der Waals surface area (Å²) in [5.41, 5.74) is 6.39. The average molecular weight is 359 g/mol. The summed E-state index contributed by atoms with van der Waals surface area (Å²) in [7, 11) is 0. The van der Waals surface area contributed by atoms with Crippen LogP contribution in [0.15, 0.2) is 53.0 Å². The summed E-state index contributed by atoms with van der Waals surface area (Å²) in [6, 6.07) is 11.2. The van der Waals surface area contributed by atoms with Gasteiger partial charge in [-0.25, -0.2) is 0 Å². The second-order valence-electron chi connectivity index (χ2n) is 10.2. The third-order valence-corrected chi connectivity index (χ3v) is 5.46. The lowest BCUT2D eigenvalue weighted by molar-refractivity contribution is 0.366. The van der Waals surface area contributed by atoms with Gasteiger partial charge in [0.05, 0.1) is 0 Å². The number of allylic oxidation sites excluding steroid dienone is 3. The van der Waals surface area contributed by atoms with Crippen molar-refractivity contribution in [1.82, 2.24) is 0 Å². The van der Waals surface area contributed by atoms with Crippen LogP contribution in [0.1, 0.15) is 64.2 Å². The van der Waals surface area contributed by atoms with E-state index in [0.717, 1.165) is 17.6 Å². The smallest absolute Gasteiger partial charge is 0.142 e. The van der Waals surface area contributed by atoms with E-state index in [2.05, 4.69) is 96.2 Å². The molecular formula is C26H30O. The summed E-state index contributed by atoms with van der Waals surface area (Å²) in [6.45, 7) is 13.8. The molecule has 0 radical (unpaired) electrons. The van der Waals surface area contributed by atoms with Crippen LogP contribution in [0, 0.1) is 10.8 Å². The van der Waals surface area contributed by atoms with Crippen molar-refractivity contribution in [2.75, 3.05) is 0 Å². The molecule has 4 rings (SSSR count). The van der Waals surface area contributed by atoms with Crippen LogP contribution in [-0.4, -0.2) is 0 Å². The Labute approximate surface area is 162 Å². The number of hydrogen-bond acceptors (Lipinski definition) is 1. The molecule has 1 aromatic heterocycles. The Bertz CT molecular complexity index is 1060. The van der Waals surface area contributed by atoms with Crippen molar-refractivity contribution < 1.29 is 4.42 Å². The molecule has 1 atom stereocenters. The predicted molar refractivity (Wildman–Crippen MR) is 117 cm³/mol. The summed E-state index contributed by atoms with van der Waals surface area (Å²) in [5.74, 6) is 0.372. The minimum atomic E-state index is 0.164. The molecule has 1 nitrogen and oxygen atoms in total. The van der Waals surface area contributed by atoms with E-state index in [1.54, 1.807) is 0 Å². The molecule has 0 spiro atoms. The molecule has 0 bridgehead atoms. The second-order valence-corrected chi connectivity index (χ2v) is 10.2. The first kappa shape index (κ1) is 18.1. The summed E-state index contributed by atoms with van der Waals surface area (Å²) in [6.07, 6.45) is 9.90. The van der Waals surface area contributed by atoms with Crippen LogP contribution in [0.2, 0.25) is 0 Å². The van der Waals surface area contributed by atoms with Crippen LogP contribution in [-0.2, 0) is 6.42 Å². The third kappa shape index (κ3) is 3.36. The van der Waals surface area contributed by atoms with Gasteiger partial charge in [0.1, 0.15) is 11.2 Å². The Morgan fingerprint density at radius 3 is 2.37 bits per heavy atom. The van der Waals surface area contributed by atoms with Crippen LogP contribution in [0.3, 0.4) is 0 Å². The van der Waals surface area contributed by atoms with Crippen molar-refractivity contribution in [1.29, 1.82) is 0 Å². The van der Waals surface area contributed by atoms with E-state index in [9.17, 15) is 0 Å². The Kier molecular flexibility index (Phi) is 4.10. The van der Waals surface area contributed by atoms with Crippen molar-refractivity contribution >= 4 is 28.0 Å². The van der Waals surface area contributed by atoms with Crippen molar-refractivity contribution in [3.8, 4) is 0 Å². The van der Waals surface area contributed by atoms with Gasteiger partial charge in [-0.05, 0) is 40.5 Å². The summed E-state index contributed by atoms with van der Waals surface area (Å²) < 4.78 is 6.37. The first-order valence-corrected chi connectivity index (χ1v) is 9.96. The zero-order valence-corrected chi connectivity index (χ0v) is 17.4. The van der Waals surface area contributed by atoms with Gasteiger partial charge in [-0.2, -0.15) is 0 Å². The first-order chi connectivity index (χ1) is 12.6. The van der Waals surface area contributed by atoms with E-state index in [-0.39, 0.29) is 10.8 Å². The Hall–Kier alpha value is -2.28. The SMILES string of the molecule is CC(C)(C)Cc1ccc2oc3c4c(ccc3c2c1)[C@@H](C(C)(C)C)C=CC=C4. The fourth-order valence-corrected chi connectivity index (χ4v) is 4.27. The minimum absolute atomic E-state index is 0.164.